The first-order chi connectivity index (χ1) is 7.40. The van der Waals surface area contributed by atoms with Crippen LogP contribution < -0.4 is 5.32 Å². The average molecular weight is 208 g/mol. The van der Waals surface area contributed by atoms with Gasteiger partial charge in [-0.05, 0) is 38.1 Å². The molecule has 0 aromatic carbocycles. The average Bonchev–Trinajstić information content (AvgIpc) is 2.88. The highest BCUT2D eigenvalue weighted by atomic mass is 16.5. The van der Waals surface area contributed by atoms with E-state index in [-0.39, 0.29) is 5.92 Å². The molecule has 0 bridgehead atoms. The van der Waals surface area contributed by atoms with Crippen LogP contribution in [0.1, 0.15) is 32.1 Å². The van der Waals surface area contributed by atoms with E-state index in [9.17, 15) is 0 Å². The quantitative estimate of drug-likeness (QED) is 0.764. The number of ether oxygens (including phenoxy) is 1. The van der Waals surface area contributed by atoms with Crippen molar-refractivity contribution in [3.63, 3.8) is 0 Å². The summed E-state index contributed by atoms with van der Waals surface area (Å²) >= 11 is 0. The SMILES string of the molecule is N#CC1CCCC1NCCC1CCOC1. The van der Waals surface area contributed by atoms with Gasteiger partial charge in [0.15, 0.2) is 0 Å². The van der Waals surface area contributed by atoms with Crippen molar-refractivity contribution in [1.29, 1.82) is 5.26 Å². The Hall–Kier alpha value is -0.590. The Morgan fingerprint density at radius 1 is 1.33 bits per heavy atom. The van der Waals surface area contributed by atoms with E-state index in [0.29, 0.717) is 6.04 Å². The van der Waals surface area contributed by atoms with E-state index in [2.05, 4.69) is 11.4 Å². The van der Waals surface area contributed by atoms with Crippen molar-refractivity contribution in [2.45, 2.75) is 38.1 Å². The summed E-state index contributed by atoms with van der Waals surface area (Å²) in [5.74, 6) is 1.00. The van der Waals surface area contributed by atoms with Gasteiger partial charge in [0.2, 0.25) is 0 Å². The summed E-state index contributed by atoms with van der Waals surface area (Å²) < 4.78 is 5.34. The molecule has 3 nitrogen and oxygen atoms in total. The van der Waals surface area contributed by atoms with Gasteiger partial charge in [-0.1, -0.05) is 6.42 Å². The van der Waals surface area contributed by atoms with Gasteiger partial charge in [-0.15, -0.1) is 0 Å². The van der Waals surface area contributed by atoms with Gasteiger partial charge < -0.3 is 10.1 Å². The molecule has 1 saturated heterocycles. The van der Waals surface area contributed by atoms with Crippen LogP contribution in [0.3, 0.4) is 0 Å². The lowest BCUT2D eigenvalue weighted by atomic mass is 10.0. The topological polar surface area (TPSA) is 45.0 Å². The maximum atomic E-state index is 8.94. The first-order valence-electron chi connectivity index (χ1n) is 6.11. The third kappa shape index (κ3) is 2.93. The Labute approximate surface area is 91.8 Å². The highest BCUT2D eigenvalue weighted by Crippen LogP contribution is 2.25. The largest absolute Gasteiger partial charge is 0.381 e. The number of hydrogen-bond donors (Lipinski definition) is 1. The van der Waals surface area contributed by atoms with E-state index in [1.54, 1.807) is 0 Å². The number of hydrogen-bond acceptors (Lipinski definition) is 3. The van der Waals surface area contributed by atoms with Crippen molar-refractivity contribution in [1.82, 2.24) is 5.32 Å². The highest BCUT2D eigenvalue weighted by molar-refractivity contribution is 4.96. The monoisotopic (exact) mass is 208 g/mol. The van der Waals surface area contributed by atoms with Gasteiger partial charge in [-0.25, -0.2) is 0 Å². The molecule has 1 N–H and O–H groups in total. The van der Waals surface area contributed by atoms with E-state index in [1.807, 2.05) is 0 Å². The second kappa shape index (κ2) is 5.48. The lowest BCUT2D eigenvalue weighted by Crippen LogP contribution is -2.33. The van der Waals surface area contributed by atoms with E-state index >= 15 is 0 Å². The molecule has 15 heavy (non-hydrogen) atoms. The summed E-state index contributed by atoms with van der Waals surface area (Å²) in [4.78, 5) is 0. The van der Waals surface area contributed by atoms with Crippen molar-refractivity contribution in [3.8, 4) is 6.07 Å². The van der Waals surface area contributed by atoms with Crippen LogP contribution in [-0.4, -0.2) is 25.8 Å². The van der Waals surface area contributed by atoms with Crippen LogP contribution in [0.5, 0.6) is 0 Å². The van der Waals surface area contributed by atoms with Gasteiger partial charge in [0.1, 0.15) is 0 Å². The molecule has 0 aromatic rings. The fourth-order valence-electron chi connectivity index (χ4n) is 2.64. The van der Waals surface area contributed by atoms with Gasteiger partial charge in [0.05, 0.1) is 12.0 Å². The first-order valence-corrected chi connectivity index (χ1v) is 6.11. The Morgan fingerprint density at radius 2 is 2.27 bits per heavy atom. The third-order valence-electron chi connectivity index (χ3n) is 3.66. The van der Waals surface area contributed by atoms with Crippen LogP contribution in [0.4, 0.5) is 0 Å². The second-order valence-electron chi connectivity index (χ2n) is 4.75. The number of nitrogens with one attached hydrogen (secondary N) is 1. The maximum absolute atomic E-state index is 8.94. The molecule has 3 atom stereocenters. The molecule has 1 aliphatic heterocycles. The van der Waals surface area contributed by atoms with Crippen LogP contribution in [0.15, 0.2) is 0 Å². The van der Waals surface area contributed by atoms with Crippen molar-refractivity contribution in [2.75, 3.05) is 19.8 Å². The zero-order valence-electron chi connectivity index (χ0n) is 9.24. The van der Waals surface area contributed by atoms with Crippen molar-refractivity contribution in [3.05, 3.63) is 0 Å². The normalized spacial score (nSPS) is 35.5. The molecule has 2 aliphatic rings. The first kappa shape index (κ1) is 10.9. The summed E-state index contributed by atoms with van der Waals surface area (Å²) in [5.41, 5.74) is 0. The van der Waals surface area contributed by atoms with Crippen LogP contribution in [0.25, 0.3) is 0 Å². The molecule has 1 saturated carbocycles. The van der Waals surface area contributed by atoms with Gasteiger partial charge in [-0.2, -0.15) is 5.26 Å². The minimum atomic E-state index is 0.254. The number of nitrogens with zero attached hydrogens (tertiary/aromatic N) is 1. The molecule has 2 rings (SSSR count). The molecule has 3 unspecified atom stereocenters. The third-order valence-corrected chi connectivity index (χ3v) is 3.66. The number of nitriles is 1. The Bertz CT molecular complexity index is 230. The standard InChI is InChI=1S/C12H20N2O/c13-8-11-2-1-3-12(11)14-6-4-10-5-7-15-9-10/h10-12,14H,1-7,9H2. The Kier molecular flexibility index (Phi) is 3.99. The van der Waals surface area contributed by atoms with Crippen LogP contribution >= 0.6 is 0 Å². The van der Waals surface area contributed by atoms with E-state index < -0.39 is 0 Å². The molecule has 0 spiro atoms. The van der Waals surface area contributed by atoms with Gasteiger partial charge in [-0.3, -0.25) is 0 Å². The molecule has 0 radical (unpaired) electrons. The summed E-state index contributed by atoms with van der Waals surface area (Å²) in [5, 5.41) is 12.5. The summed E-state index contributed by atoms with van der Waals surface area (Å²) in [6.45, 7) is 2.93. The van der Waals surface area contributed by atoms with Gasteiger partial charge in [0, 0.05) is 19.3 Å². The fraction of sp³-hybridized carbons (Fsp3) is 0.917. The minimum absolute atomic E-state index is 0.254. The molecule has 2 fully saturated rings. The van der Waals surface area contributed by atoms with Crippen molar-refractivity contribution in [2.24, 2.45) is 11.8 Å². The Morgan fingerprint density at radius 3 is 3.00 bits per heavy atom. The molecule has 84 valence electrons. The molecular weight excluding hydrogens is 188 g/mol. The zero-order valence-corrected chi connectivity index (χ0v) is 9.24. The fourth-order valence-corrected chi connectivity index (χ4v) is 2.64. The zero-order chi connectivity index (χ0) is 10.5. The second-order valence-corrected chi connectivity index (χ2v) is 4.75. The maximum Gasteiger partial charge on any atom is 0.0672 e. The van der Waals surface area contributed by atoms with Gasteiger partial charge in [0.25, 0.3) is 0 Å². The molecule has 1 heterocycles. The highest BCUT2D eigenvalue weighted by Gasteiger charge is 2.26. The summed E-state index contributed by atoms with van der Waals surface area (Å²) in [6, 6.07) is 2.86. The minimum Gasteiger partial charge on any atom is -0.381 e. The van der Waals surface area contributed by atoms with Crippen LogP contribution in [0, 0.1) is 23.2 Å². The summed E-state index contributed by atoms with van der Waals surface area (Å²) in [6.07, 6.45) is 5.89. The van der Waals surface area contributed by atoms with Crippen molar-refractivity contribution < 1.29 is 4.74 Å². The van der Waals surface area contributed by atoms with E-state index in [1.165, 1.54) is 25.7 Å². The molecular formula is C12H20N2O. The Balaban J connectivity index is 1.62. The number of rotatable bonds is 4. The molecule has 0 aromatic heterocycles. The molecule has 3 heteroatoms. The van der Waals surface area contributed by atoms with Gasteiger partial charge >= 0.3 is 0 Å². The smallest absolute Gasteiger partial charge is 0.0672 e. The van der Waals surface area contributed by atoms with Crippen LogP contribution in [0.2, 0.25) is 0 Å². The van der Waals surface area contributed by atoms with E-state index in [4.69, 9.17) is 10.00 Å². The lowest BCUT2D eigenvalue weighted by Gasteiger charge is -2.16. The predicted molar refractivity (Wildman–Crippen MR) is 58.3 cm³/mol. The molecule has 1 aliphatic carbocycles. The van der Waals surface area contributed by atoms with E-state index in [0.717, 1.165) is 32.1 Å². The molecule has 0 amide bonds. The van der Waals surface area contributed by atoms with Crippen LogP contribution in [-0.2, 0) is 4.74 Å². The summed E-state index contributed by atoms with van der Waals surface area (Å²) in [7, 11) is 0. The predicted octanol–water partition coefficient (Wildman–Crippen LogP) is 1.69. The van der Waals surface area contributed by atoms with Crippen molar-refractivity contribution >= 4 is 0 Å². The lowest BCUT2D eigenvalue weighted by molar-refractivity contribution is 0.184.